The number of H-pyrrole nitrogens is 1. The number of nitrogens with one attached hydrogen (secondary N) is 3. The summed E-state index contributed by atoms with van der Waals surface area (Å²) in [6.07, 6.45) is 5.79. The molecular formula is C22H31N7O3. The van der Waals surface area contributed by atoms with Gasteiger partial charge in [-0.1, -0.05) is 0 Å². The van der Waals surface area contributed by atoms with Crippen LogP contribution in [0.25, 0.3) is 10.9 Å². The summed E-state index contributed by atoms with van der Waals surface area (Å²) in [7, 11) is 1.67. The molecular weight excluding hydrogens is 410 g/mol. The minimum Gasteiger partial charge on any atom is -0.446 e. The van der Waals surface area contributed by atoms with Gasteiger partial charge in [0.15, 0.2) is 5.82 Å². The van der Waals surface area contributed by atoms with Crippen LogP contribution in [0.2, 0.25) is 0 Å². The molecule has 1 amide bonds. The van der Waals surface area contributed by atoms with Crippen molar-refractivity contribution >= 4 is 28.6 Å². The number of alkyl carbamates (subject to hydrolysis) is 1. The van der Waals surface area contributed by atoms with Gasteiger partial charge >= 0.3 is 6.09 Å². The van der Waals surface area contributed by atoms with E-state index in [0.717, 1.165) is 35.9 Å². The highest BCUT2D eigenvalue weighted by Gasteiger charge is 2.30. The Kier molecular flexibility index (Phi) is 6.31. The minimum atomic E-state index is -0.361. The highest BCUT2D eigenvalue weighted by Crippen LogP contribution is 2.36. The number of hydrogen-bond acceptors (Lipinski definition) is 7. The molecule has 32 heavy (non-hydrogen) atoms. The quantitative estimate of drug-likeness (QED) is 0.511. The third kappa shape index (κ3) is 5.37. The Hall–Kier alpha value is -3.14. The molecule has 3 heterocycles. The van der Waals surface area contributed by atoms with Crippen LogP contribution in [-0.2, 0) is 16.0 Å². The van der Waals surface area contributed by atoms with Crippen LogP contribution in [0.4, 0.5) is 16.4 Å². The maximum atomic E-state index is 12.0. The SMILES string of the molecule is COCCn1cc2c(Nc3cc([C@H]4CC[C@@H](OC(=O)NC(C)(C)C)C4)[nH]n3)nccc2n1. The average Bonchev–Trinajstić information content (AvgIpc) is 3.44. The molecule has 1 fully saturated rings. The lowest BCUT2D eigenvalue weighted by atomic mass is 10.0. The first-order chi connectivity index (χ1) is 15.3. The van der Waals surface area contributed by atoms with E-state index in [4.69, 9.17) is 9.47 Å². The topological polar surface area (TPSA) is 119 Å². The summed E-state index contributed by atoms with van der Waals surface area (Å²) < 4.78 is 12.6. The summed E-state index contributed by atoms with van der Waals surface area (Å²) in [5, 5.41) is 19.2. The van der Waals surface area contributed by atoms with Gasteiger partial charge in [0.2, 0.25) is 0 Å². The number of ether oxygens (including phenoxy) is 2. The maximum absolute atomic E-state index is 12.0. The number of aromatic nitrogens is 5. The van der Waals surface area contributed by atoms with E-state index < -0.39 is 0 Å². The largest absolute Gasteiger partial charge is 0.446 e. The van der Waals surface area contributed by atoms with Gasteiger partial charge < -0.3 is 20.1 Å². The predicted octanol–water partition coefficient (Wildman–Crippen LogP) is 3.71. The van der Waals surface area contributed by atoms with Crippen LogP contribution in [0.1, 0.15) is 51.6 Å². The number of aromatic amines is 1. The zero-order valence-corrected chi connectivity index (χ0v) is 19.0. The number of amides is 1. The highest BCUT2D eigenvalue weighted by atomic mass is 16.6. The predicted molar refractivity (Wildman–Crippen MR) is 121 cm³/mol. The van der Waals surface area contributed by atoms with Crippen molar-refractivity contribution in [3.8, 4) is 0 Å². The summed E-state index contributed by atoms with van der Waals surface area (Å²) >= 11 is 0. The van der Waals surface area contributed by atoms with Gasteiger partial charge in [0.1, 0.15) is 11.9 Å². The molecule has 172 valence electrons. The first-order valence-electron chi connectivity index (χ1n) is 10.9. The van der Waals surface area contributed by atoms with E-state index in [-0.39, 0.29) is 23.7 Å². The molecule has 4 rings (SSSR count). The van der Waals surface area contributed by atoms with Gasteiger partial charge in [-0.05, 0) is 46.1 Å². The van der Waals surface area contributed by atoms with Crippen molar-refractivity contribution in [1.82, 2.24) is 30.3 Å². The number of carbonyl (C=O) groups excluding carboxylic acids is 1. The Morgan fingerprint density at radius 2 is 2.19 bits per heavy atom. The molecule has 0 aromatic carbocycles. The van der Waals surface area contributed by atoms with E-state index in [1.807, 2.05) is 43.8 Å². The van der Waals surface area contributed by atoms with Crippen LogP contribution in [-0.4, -0.2) is 56.4 Å². The molecule has 0 radical (unpaired) electrons. The van der Waals surface area contributed by atoms with Crippen molar-refractivity contribution in [1.29, 1.82) is 0 Å². The number of anilines is 2. The number of fused-ring (bicyclic) bond motifs is 1. The van der Waals surface area contributed by atoms with Crippen molar-refractivity contribution in [3.05, 3.63) is 30.2 Å². The average molecular weight is 442 g/mol. The number of nitrogens with zero attached hydrogens (tertiary/aromatic N) is 4. The lowest BCUT2D eigenvalue weighted by Gasteiger charge is -2.22. The summed E-state index contributed by atoms with van der Waals surface area (Å²) in [5.74, 6) is 1.67. The number of carbonyl (C=O) groups is 1. The molecule has 0 spiro atoms. The Balaban J connectivity index is 1.38. The number of rotatable bonds is 7. The lowest BCUT2D eigenvalue weighted by Crippen LogP contribution is -2.42. The molecule has 10 heteroatoms. The molecule has 10 nitrogen and oxygen atoms in total. The second kappa shape index (κ2) is 9.15. The highest BCUT2D eigenvalue weighted by molar-refractivity contribution is 5.90. The minimum absolute atomic E-state index is 0.0876. The van der Waals surface area contributed by atoms with Crippen LogP contribution in [0, 0.1) is 0 Å². The number of methoxy groups -OCH3 is 1. The third-order valence-electron chi connectivity index (χ3n) is 5.43. The van der Waals surface area contributed by atoms with Gasteiger partial charge in [0.25, 0.3) is 0 Å². The maximum Gasteiger partial charge on any atom is 0.407 e. The second-order valence-electron chi connectivity index (χ2n) is 9.22. The summed E-state index contributed by atoms with van der Waals surface area (Å²) in [4.78, 5) is 16.5. The second-order valence-corrected chi connectivity index (χ2v) is 9.22. The van der Waals surface area contributed by atoms with E-state index in [1.54, 1.807) is 13.3 Å². The van der Waals surface area contributed by atoms with Crippen LogP contribution in [0.5, 0.6) is 0 Å². The van der Waals surface area contributed by atoms with Crippen molar-refractivity contribution in [2.24, 2.45) is 0 Å². The summed E-state index contributed by atoms with van der Waals surface area (Å²) in [6, 6.07) is 3.88. The number of hydrogen-bond donors (Lipinski definition) is 3. The van der Waals surface area contributed by atoms with Gasteiger partial charge in [0, 0.05) is 42.7 Å². The molecule has 1 saturated carbocycles. The lowest BCUT2D eigenvalue weighted by molar-refractivity contribution is 0.0937. The Morgan fingerprint density at radius 3 is 2.97 bits per heavy atom. The van der Waals surface area contributed by atoms with Gasteiger partial charge in [0.05, 0.1) is 24.1 Å². The first-order valence-corrected chi connectivity index (χ1v) is 10.9. The van der Waals surface area contributed by atoms with Gasteiger partial charge in [-0.2, -0.15) is 10.2 Å². The van der Waals surface area contributed by atoms with Crippen LogP contribution in [0.3, 0.4) is 0 Å². The molecule has 2 atom stereocenters. The molecule has 1 aliphatic rings. The fourth-order valence-electron chi connectivity index (χ4n) is 3.94. The normalized spacial score (nSPS) is 18.8. The van der Waals surface area contributed by atoms with E-state index in [9.17, 15) is 4.79 Å². The molecule has 0 aliphatic heterocycles. The first kappa shape index (κ1) is 22.1. The third-order valence-corrected chi connectivity index (χ3v) is 5.43. The zero-order chi connectivity index (χ0) is 22.7. The molecule has 3 aromatic rings. The van der Waals surface area contributed by atoms with Gasteiger partial charge in [-0.25, -0.2) is 9.78 Å². The molecule has 0 saturated heterocycles. The van der Waals surface area contributed by atoms with E-state index >= 15 is 0 Å². The fourth-order valence-corrected chi connectivity index (χ4v) is 3.94. The Bertz CT molecular complexity index is 1070. The van der Waals surface area contributed by atoms with E-state index in [1.165, 1.54) is 0 Å². The van der Waals surface area contributed by atoms with Crippen LogP contribution in [0.15, 0.2) is 24.5 Å². The van der Waals surface area contributed by atoms with Gasteiger partial charge in [-0.3, -0.25) is 9.78 Å². The van der Waals surface area contributed by atoms with Crippen LogP contribution >= 0.6 is 0 Å². The van der Waals surface area contributed by atoms with Gasteiger partial charge in [-0.15, -0.1) is 0 Å². The van der Waals surface area contributed by atoms with Crippen LogP contribution < -0.4 is 10.6 Å². The van der Waals surface area contributed by atoms with E-state index in [2.05, 4.69) is 30.9 Å². The molecule has 3 aromatic heterocycles. The number of pyridine rings is 1. The molecule has 3 N–H and O–H groups in total. The zero-order valence-electron chi connectivity index (χ0n) is 19.0. The van der Waals surface area contributed by atoms with Crippen molar-refractivity contribution in [3.63, 3.8) is 0 Å². The smallest absolute Gasteiger partial charge is 0.407 e. The summed E-state index contributed by atoms with van der Waals surface area (Å²) in [6.45, 7) is 7.08. The van der Waals surface area contributed by atoms with Crippen molar-refractivity contribution < 1.29 is 14.3 Å². The molecule has 0 unspecified atom stereocenters. The Morgan fingerprint density at radius 1 is 1.34 bits per heavy atom. The summed E-state index contributed by atoms with van der Waals surface area (Å²) in [5.41, 5.74) is 1.58. The Labute approximate surface area is 187 Å². The monoisotopic (exact) mass is 441 g/mol. The molecule has 1 aliphatic carbocycles. The van der Waals surface area contributed by atoms with Crippen molar-refractivity contribution in [2.75, 3.05) is 19.0 Å². The standard InChI is InChI=1S/C22H31N7O3/c1-22(2,3)25-21(30)32-15-6-5-14(11-15)18-12-19(27-26-18)24-20-16-13-29(9-10-31-4)28-17(16)7-8-23-20/h7-8,12-15H,5-6,9-11H2,1-4H3,(H,25,30)(H2,23,24,26,27)/t14-,15+/m0/s1. The fraction of sp³-hybridized carbons (Fsp3) is 0.545. The molecule has 0 bridgehead atoms. The van der Waals surface area contributed by atoms with Crippen molar-refractivity contribution in [2.45, 2.75) is 64.1 Å². The van der Waals surface area contributed by atoms with E-state index in [0.29, 0.717) is 24.8 Å².